The van der Waals surface area contributed by atoms with Crippen LogP contribution in [0.4, 0.5) is 13.2 Å². The lowest BCUT2D eigenvalue weighted by Gasteiger charge is -2.09. The Hall–Kier alpha value is -1.83. The number of nitrogens with one attached hydrogen (secondary N) is 1. The molecule has 0 aliphatic heterocycles. The van der Waals surface area contributed by atoms with Crippen LogP contribution in [-0.2, 0) is 11.0 Å². The van der Waals surface area contributed by atoms with E-state index >= 15 is 0 Å². The predicted molar refractivity (Wildman–Crippen MR) is 69.3 cm³/mol. The number of rotatable bonds is 3. The summed E-state index contributed by atoms with van der Waals surface area (Å²) >= 11 is 0.950. The van der Waals surface area contributed by atoms with Gasteiger partial charge in [-0.15, -0.1) is 0 Å². The lowest BCUT2D eigenvalue weighted by Crippen LogP contribution is -2.20. The number of carbonyl (C=O) groups is 1. The number of benzene rings is 1. The number of amides is 1. The molecule has 1 heterocycles. The van der Waals surface area contributed by atoms with Gasteiger partial charge in [0.2, 0.25) is 11.7 Å². The Kier molecular flexibility index (Phi) is 4.12. The van der Waals surface area contributed by atoms with Crippen molar-refractivity contribution in [3.05, 3.63) is 30.1 Å². The molecule has 0 aliphatic carbocycles. The third-order valence-corrected chi connectivity index (χ3v) is 3.43. The summed E-state index contributed by atoms with van der Waals surface area (Å²) in [6.07, 6.45) is -4.62. The largest absolute Gasteiger partial charge is 0.451 e. The maximum Gasteiger partial charge on any atom is 0.451 e. The molecule has 4 nitrogen and oxygen atoms in total. The van der Waals surface area contributed by atoms with Gasteiger partial charge in [0.05, 0.1) is 11.3 Å². The number of thioether (sulfide) groups is 1. The van der Waals surface area contributed by atoms with E-state index in [1.807, 2.05) is 0 Å². The summed E-state index contributed by atoms with van der Waals surface area (Å²) in [5.41, 5.74) is 0.203. The van der Waals surface area contributed by atoms with Crippen LogP contribution in [0.2, 0.25) is 0 Å². The average molecular weight is 301 g/mol. The van der Waals surface area contributed by atoms with Crippen molar-refractivity contribution in [2.45, 2.75) is 11.2 Å². The fourth-order valence-corrected chi connectivity index (χ4v) is 2.38. The lowest BCUT2D eigenvalue weighted by molar-refractivity contribution is -0.145. The molecule has 2 rings (SSSR count). The number of alkyl halides is 3. The molecule has 20 heavy (non-hydrogen) atoms. The van der Waals surface area contributed by atoms with Gasteiger partial charge in [0.1, 0.15) is 5.03 Å². The maximum absolute atomic E-state index is 12.7. The summed E-state index contributed by atoms with van der Waals surface area (Å²) in [6, 6.07) is 6.39. The Balaban J connectivity index is 2.47. The van der Waals surface area contributed by atoms with Gasteiger partial charge in [-0.1, -0.05) is 30.0 Å². The highest BCUT2D eigenvalue weighted by Crippen LogP contribution is 2.31. The van der Waals surface area contributed by atoms with Crippen molar-refractivity contribution < 1.29 is 18.0 Å². The van der Waals surface area contributed by atoms with Gasteiger partial charge in [-0.3, -0.25) is 4.79 Å². The van der Waals surface area contributed by atoms with Crippen LogP contribution >= 0.6 is 11.8 Å². The minimum atomic E-state index is -4.62. The van der Waals surface area contributed by atoms with E-state index in [4.69, 9.17) is 0 Å². The van der Waals surface area contributed by atoms with Gasteiger partial charge in [-0.2, -0.15) is 13.2 Å². The zero-order valence-electron chi connectivity index (χ0n) is 10.4. The fraction of sp³-hybridized carbons (Fsp3) is 0.250. The van der Waals surface area contributed by atoms with Gasteiger partial charge < -0.3 is 5.32 Å². The Morgan fingerprint density at radius 1 is 1.30 bits per heavy atom. The van der Waals surface area contributed by atoms with Crippen LogP contribution in [0, 0.1) is 0 Å². The van der Waals surface area contributed by atoms with Gasteiger partial charge in [0, 0.05) is 12.4 Å². The van der Waals surface area contributed by atoms with E-state index in [1.54, 1.807) is 18.2 Å². The summed E-state index contributed by atoms with van der Waals surface area (Å²) in [5.74, 6) is -1.49. The zero-order valence-corrected chi connectivity index (χ0v) is 11.2. The number of aromatic nitrogens is 2. The SMILES string of the molecule is CNC(=O)CSc1nc(C(F)(F)F)nc2ccccc12. The third kappa shape index (κ3) is 3.19. The number of carbonyl (C=O) groups excluding carboxylic acids is 1. The summed E-state index contributed by atoms with van der Waals surface area (Å²) in [6.45, 7) is 0. The number of fused-ring (bicyclic) bond motifs is 1. The summed E-state index contributed by atoms with van der Waals surface area (Å²) in [5, 5.41) is 3.04. The van der Waals surface area contributed by atoms with Gasteiger partial charge in [-0.25, -0.2) is 9.97 Å². The summed E-state index contributed by atoms with van der Waals surface area (Å²) < 4.78 is 38.2. The van der Waals surface area contributed by atoms with Crippen LogP contribution in [0.25, 0.3) is 10.9 Å². The molecule has 1 aromatic carbocycles. The van der Waals surface area contributed by atoms with Crippen molar-refractivity contribution in [1.29, 1.82) is 0 Å². The molecule has 0 atom stereocenters. The van der Waals surface area contributed by atoms with Crippen molar-refractivity contribution in [2.24, 2.45) is 0 Å². The highest BCUT2D eigenvalue weighted by atomic mass is 32.2. The topological polar surface area (TPSA) is 54.9 Å². The number of hydrogen-bond acceptors (Lipinski definition) is 4. The molecule has 8 heteroatoms. The quantitative estimate of drug-likeness (QED) is 0.699. The molecule has 0 spiro atoms. The number of hydrogen-bond donors (Lipinski definition) is 1. The van der Waals surface area contributed by atoms with Crippen molar-refractivity contribution in [1.82, 2.24) is 15.3 Å². The first-order valence-electron chi connectivity index (χ1n) is 5.59. The molecular weight excluding hydrogens is 291 g/mol. The Bertz CT molecular complexity index is 645. The van der Waals surface area contributed by atoms with E-state index in [2.05, 4.69) is 15.3 Å². The molecule has 1 N–H and O–H groups in total. The van der Waals surface area contributed by atoms with Crippen molar-refractivity contribution >= 4 is 28.6 Å². The van der Waals surface area contributed by atoms with Crippen LogP contribution in [0.5, 0.6) is 0 Å². The van der Waals surface area contributed by atoms with Gasteiger partial charge >= 0.3 is 6.18 Å². The second-order valence-corrected chi connectivity index (χ2v) is 4.79. The fourth-order valence-electron chi connectivity index (χ4n) is 1.49. The Morgan fingerprint density at radius 2 is 2.00 bits per heavy atom. The highest BCUT2D eigenvalue weighted by Gasteiger charge is 2.35. The molecular formula is C12H10F3N3OS. The van der Waals surface area contributed by atoms with E-state index in [9.17, 15) is 18.0 Å². The molecule has 0 fully saturated rings. The van der Waals surface area contributed by atoms with E-state index in [-0.39, 0.29) is 22.2 Å². The normalized spacial score (nSPS) is 11.6. The maximum atomic E-state index is 12.7. The van der Waals surface area contributed by atoms with Gasteiger partial charge in [-0.05, 0) is 6.07 Å². The minimum absolute atomic E-state index is 0.00515. The van der Waals surface area contributed by atoms with Crippen molar-refractivity contribution in [2.75, 3.05) is 12.8 Å². The third-order valence-electron chi connectivity index (χ3n) is 2.44. The number of halogens is 3. The minimum Gasteiger partial charge on any atom is -0.358 e. The molecule has 1 aromatic heterocycles. The van der Waals surface area contributed by atoms with Crippen molar-refractivity contribution in [3.63, 3.8) is 0 Å². The van der Waals surface area contributed by atoms with Gasteiger partial charge in [0.25, 0.3) is 0 Å². The smallest absolute Gasteiger partial charge is 0.358 e. The molecule has 106 valence electrons. The first-order chi connectivity index (χ1) is 9.41. The second-order valence-electron chi connectivity index (χ2n) is 3.83. The predicted octanol–water partition coefficient (Wildman–Crippen LogP) is 2.49. The van der Waals surface area contributed by atoms with Crippen LogP contribution in [-0.4, -0.2) is 28.7 Å². The molecule has 0 saturated carbocycles. The monoisotopic (exact) mass is 301 g/mol. The summed E-state index contributed by atoms with van der Waals surface area (Å²) in [4.78, 5) is 18.2. The van der Waals surface area contributed by atoms with E-state index in [0.717, 1.165) is 11.8 Å². The molecule has 2 aromatic rings. The van der Waals surface area contributed by atoms with E-state index < -0.39 is 12.0 Å². The molecule has 0 radical (unpaired) electrons. The van der Waals surface area contributed by atoms with E-state index in [0.29, 0.717) is 5.39 Å². The van der Waals surface area contributed by atoms with E-state index in [1.165, 1.54) is 13.1 Å². The first-order valence-corrected chi connectivity index (χ1v) is 6.57. The molecule has 1 amide bonds. The summed E-state index contributed by atoms with van der Waals surface area (Å²) in [7, 11) is 1.46. The van der Waals surface area contributed by atoms with Crippen LogP contribution in [0.15, 0.2) is 29.3 Å². The molecule has 0 bridgehead atoms. The average Bonchev–Trinajstić information content (AvgIpc) is 2.43. The molecule has 0 saturated heterocycles. The molecule has 0 aliphatic rings. The highest BCUT2D eigenvalue weighted by molar-refractivity contribution is 8.00. The zero-order chi connectivity index (χ0) is 14.8. The van der Waals surface area contributed by atoms with Gasteiger partial charge in [0.15, 0.2) is 0 Å². The standard InChI is InChI=1S/C12H10F3N3OS/c1-16-9(19)6-20-10-7-4-2-3-5-8(7)17-11(18-10)12(13,14)15/h2-5H,6H2,1H3,(H,16,19). The Morgan fingerprint density at radius 3 is 2.65 bits per heavy atom. The molecule has 0 unspecified atom stereocenters. The van der Waals surface area contributed by atoms with Crippen molar-refractivity contribution in [3.8, 4) is 0 Å². The van der Waals surface area contributed by atoms with Crippen LogP contribution < -0.4 is 5.32 Å². The lowest BCUT2D eigenvalue weighted by atomic mass is 10.2. The second kappa shape index (κ2) is 5.66. The van der Waals surface area contributed by atoms with Crippen LogP contribution in [0.3, 0.4) is 0 Å². The number of para-hydroxylation sites is 1. The Labute approximate surface area is 116 Å². The van der Waals surface area contributed by atoms with Crippen LogP contribution in [0.1, 0.15) is 5.82 Å². The number of nitrogens with zero attached hydrogens (tertiary/aromatic N) is 2. The first kappa shape index (κ1) is 14.6.